The molecule has 0 bridgehead atoms. The molecule has 1 aromatic carbocycles. The van der Waals surface area contributed by atoms with Crippen molar-refractivity contribution in [2.45, 2.75) is 31.7 Å². The van der Waals surface area contributed by atoms with Crippen molar-refractivity contribution in [1.29, 1.82) is 0 Å². The number of carbonyl (C=O) groups is 1. The zero-order chi connectivity index (χ0) is 27.8. The van der Waals surface area contributed by atoms with E-state index in [0.29, 0.717) is 23.6 Å². The molecule has 1 unspecified atom stereocenters. The van der Waals surface area contributed by atoms with E-state index in [9.17, 15) is 23.5 Å². The standard InChI is InChI=1S/C27H25ClF2N6O3/c1-3-22(16-8-19(29)10-20(30)9-16)36-24(17-11-32-34(2)13-17)33-25(37)23(27(36)39)26(38)35-7-6-15(14-35)21-5-4-18(28)12-31-21/h4-5,8-13,15,22,39H,3,6-7,14H2,1-2H3/t15?,22-/m0/s1. The van der Waals surface area contributed by atoms with Crippen LogP contribution in [0.15, 0.2) is 53.7 Å². The van der Waals surface area contributed by atoms with Crippen LogP contribution in [0.25, 0.3) is 11.4 Å². The normalized spacial score (nSPS) is 16.0. The van der Waals surface area contributed by atoms with Crippen LogP contribution < -0.4 is 5.56 Å². The van der Waals surface area contributed by atoms with Crippen LogP contribution in [0, 0.1) is 11.6 Å². The fourth-order valence-electron chi connectivity index (χ4n) is 5.05. The van der Waals surface area contributed by atoms with E-state index in [0.717, 1.165) is 23.9 Å². The minimum atomic E-state index is -0.916. The number of hydrogen-bond donors (Lipinski definition) is 1. The lowest BCUT2D eigenvalue weighted by Gasteiger charge is -2.26. The van der Waals surface area contributed by atoms with Gasteiger partial charge in [0.15, 0.2) is 11.4 Å². The number of hydrogen-bond acceptors (Lipinski definition) is 6. The van der Waals surface area contributed by atoms with E-state index in [2.05, 4.69) is 15.1 Å². The van der Waals surface area contributed by atoms with Gasteiger partial charge in [-0.25, -0.2) is 8.78 Å². The maximum atomic E-state index is 14.2. The van der Waals surface area contributed by atoms with Gasteiger partial charge in [0.1, 0.15) is 11.6 Å². The van der Waals surface area contributed by atoms with E-state index in [1.54, 1.807) is 32.3 Å². The largest absolute Gasteiger partial charge is 0.494 e. The van der Waals surface area contributed by atoms with Crippen molar-refractivity contribution in [2.75, 3.05) is 13.1 Å². The quantitative estimate of drug-likeness (QED) is 0.381. The number of rotatable bonds is 6. The van der Waals surface area contributed by atoms with Gasteiger partial charge in [-0.2, -0.15) is 10.1 Å². The van der Waals surface area contributed by atoms with Gasteiger partial charge in [-0.3, -0.25) is 23.8 Å². The molecule has 12 heteroatoms. The number of aryl methyl sites for hydroxylation is 1. The van der Waals surface area contributed by atoms with Crippen molar-refractivity contribution in [3.63, 3.8) is 0 Å². The molecule has 9 nitrogen and oxygen atoms in total. The fraction of sp³-hybridized carbons (Fsp3) is 0.296. The number of aromatic hydroxyl groups is 1. The summed E-state index contributed by atoms with van der Waals surface area (Å²) < 4.78 is 31.1. The summed E-state index contributed by atoms with van der Waals surface area (Å²) in [6, 6.07) is 5.70. The molecule has 0 radical (unpaired) electrons. The Hall–Kier alpha value is -4.12. The molecule has 2 atom stereocenters. The molecule has 0 saturated carbocycles. The predicted octanol–water partition coefficient (Wildman–Crippen LogP) is 4.31. The second-order valence-corrected chi connectivity index (χ2v) is 9.91. The molecule has 1 N–H and O–H groups in total. The highest BCUT2D eigenvalue weighted by Crippen LogP contribution is 2.35. The summed E-state index contributed by atoms with van der Waals surface area (Å²) in [5, 5.41) is 16.1. The van der Waals surface area contributed by atoms with Crippen molar-refractivity contribution in [3.8, 4) is 17.3 Å². The Bertz CT molecular complexity index is 1580. The van der Waals surface area contributed by atoms with Crippen LogP contribution in [0.3, 0.4) is 0 Å². The van der Waals surface area contributed by atoms with Crippen LogP contribution in [0.4, 0.5) is 8.78 Å². The maximum Gasteiger partial charge on any atom is 0.290 e. The molecule has 1 aliphatic heterocycles. The first-order valence-corrected chi connectivity index (χ1v) is 12.7. The first kappa shape index (κ1) is 26.5. The molecule has 4 aromatic rings. The summed E-state index contributed by atoms with van der Waals surface area (Å²) in [7, 11) is 1.67. The number of aromatic nitrogens is 5. The first-order chi connectivity index (χ1) is 18.7. The number of halogens is 3. The summed E-state index contributed by atoms with van der Waals surface area (Å²) in [5.41, 5.74) is -0.0761. The second-order valence-electron chi connectivity index (χ2n) is 9.48. The molecule has 0 spiro atoms. The topological polar surface area (TPSA) is 106 Å². The summed E-state index contributed by atoms with van der Waals surface area (Å²) in [5.74, 6) is -2.97. The Morgan fingerprint density at radius 1 is 1.21 bits per heavy atom. The molecule has 1 amide bonds. The molecule has 1 saturated heterocycles. The molecular weight excluding hydrogens is 530 g/mol. The molecule has 4 heterocycles. The lowest BCUT2D eigenvalue weighted by atomic mass is 10.0. The van der Waals surface area contributed by atoms with E-state index >= 15 is 0 Å². The van der Waals surface area contributed by atoms with Crippen molar-refractivity contribution < 1.29 is 18.7 Å². The Balaban J connectivity index is 1.60. The SMILES string of the molecule is CC[C@@H](c1cc(F)cc(F)c1)n1c(-c2cnn(C)c2)nc(=O)c(C(=O)N2CCC(c3ccc(Cl)cn3)C2)c1O. The van der Waals surface area contributed by atoms with Crippen LogP contribution in [-0.4, -0.2) is 53.3 Å². The number of pyridine rings is 1. The fourth-order valence-corrected chi connectivity index (χ4v) is 5.16. The molecular formula is C27H25ClF2N6O3. The van der Waals surface area contributed by atoms with Gasteiger partial charge in [0, 0.05) is 50.2 Å². The molecule has 1 aliphatic rings. The van der Waals surface area contributed by atoms with Gasteiger partial charge >= 0.3 is 0 Å². The summed E-state index contributed by atoms with van der Waals surface area (Å²) in [6.07, 6.45) is 5.43. The van der Waals surface area contributed by atoms with Gasteiger partial charge in [0.2, 0.25) is 5.88 Å². The predicted molar refractivity (Wildman–Crippen MR) is 140 cm³/mol. The van der Waals surface area contributed by atoms with Gasteiger partial charge in [0.05, 0.1) is 22.8 Å². The van der Waals surface area contributed by atoms with Gasteiger partial charge in [-0.1, -0.05) is 18.5 Å². The zero-order valence-corrected chi connectivity index (χ0v) is 21.9. The number of amides is 1. The van der Waals surface area contributed by atoms with Crippen molar-refractivity contribution >= 4 is 17.5 Å². The van der Waals surface area contributed by atoms with Gasteiger partial charge in [-0.15, -0.1) is 0 Å². The van der Waals surface area contributed by atoms with E-state index in [-0.39, 0.29) is 30.3 Å². The van der Waals surface area contributed by atoms with Gasteiger partial charge in [-0.05, 0) is 42.7 Å². The van der Waals surface area contributed by atoms with E-state index in [1.165, 1.54) is 26.5 Å². The van der Waals surface area contributed by atoms with Crippen molar-refractivity contribution in [1.82, 2.24) is 29.2 Å². The minimum absolute atomic E-state index is 0.0170. The highest BCUT2D eigenvalue weighted by Gasteiger charge is 2.34. The Labute approximate surface area is 227 Å². The Kier molecular flexibility index (Phi) is 7.17. The van der Waals surface area contributed by atoms with Crippen LogP contribution in [0.5, 0.6) is 5.88 Å². The lowest BCUT2D eigenvalue weighted by molar-refractivity contribution is 0.0783. The van der Waals surface area contributed by atoms with Crippen molar-refractivity contribution in [2.24, 2.45) is 7.05 Å². The second kappa shape index (κ2) is 10.6. The number of benzene rings is 1. The minimum Gasteiger partial charge on any atom is -0.494 e. The monoisotopic (exact) mass is 554 g/mol. The van der Waals surface area contributed by atoms with E-state index in [4.69, 9.17) is 11.6 Å². The van der Waals surface area contributed by atoms with Gasteiger partial charge < -0.3 is 10.0 Å². The molecule has 202 valence electrons. The third-order valence-corrected chi connectivity index (χ3v) is 7.11. The third kappa shape index (κ3) is 5.14. The molecule has 5 rings (SSSR count). The van der Waals surface area contributed by atoms with Gasteiger partial charge in [0.25, 0.3) is 11.5 Å². The highest BCUT2D eigenvalue weighted by atomic mass is 35.5. The first-order valence-electron chi connectivity index (χ1n) is 12.4. The lowest BCUT2D eigenvalue weighted by Crippen LogP contribution is -2.35. The van der Waals surface area contributed by atoms with Crippen molar-refractivity contribution in [3.05, 3.63) is 92.8 Å². The summed E-state index contributed by atoms with van der Waals surface area (Å²) in [4.78, 5) is 36.8. The molecule has 39 heavy (non-hydrogen) atoms. The maximum absolute atomic E-state index is 14.2. The number of carbonyl (C=O) groups excluding carboxylic acids is 1. The van der Waals surface area contributed by atoms with Crippen LogP contribution >= 0.6 is 11.6 Å². The average Bonchev–Trinajstić information content (AvgIpc) is 3.55. The Morgan fingerprint density at radius 3 is 2.56 bits per heavy atom. The van der Waals surface area contributed by atoms with Crippen LogP contribution in [-0.2, 0) is 7.05 Å². The number of likely N-dealkylation sites (tertiary alicyclic amines) is 1. The van der Waals surface area contributed by atoms with Crippen LogP contribution in [0.2, 0.25) is 5.02 Å². The zero-order valence-electron chi connectivity index (χ0n) is 21.2. The molecule has 3 aromatic heterocycles. The van der Waals surface area contributed by atoms with E-state index < -0.39 is 40.6 Å². The smallest absolute Gasteiger partial charge is 0.290 e. The highest BCUT2D eigenvalue weighted by molar-refractivity contribution is 6.30. The number of nitrogens with zero attached hydrogens (tertiary/aromatic N) is 6. The molecule has 0 aliphatic carbocycles. The van der Waals surface area contributed by atoms with E-state index in [1.807, 2.05) is 0 Å². The summed E-state index contributed by atoms with van der Waals surface area (Å²) in [6.45, 7) is 2.37. The van der Waals surface area contributed by atoms with Crippen LogP contribution in [0.1, 0.15) is 53.3 Å². The molecule has 1 fully saturated rings. The Morgan fingerprint density at radius 2 is 1.95 bits per heavy atom. The summed E-state index contributed by atoms with van der Waals surface area (Å²) >= 11 is 5.94. The third-order valence-electron chi connectivity index (χ3n) is 6.89. The average molecular weight is 555 g/mol.